The second kappa shape index (κ2) is 9.24. The minimum Gasteiger partial charge on any atom is -0.339 e. The van der Waals surface area contributed by atoms with Crippen LogP contribution in [0.4, 0.5) is 0 Å². The number of carbonyl (C=O) groups excluding carboxylic acids is 1. The molecule has 6 heteroatoms. The van der Waals surface area contributed by atoms with Crippen LogP contribution < -0.4 is 0 Å². The van der Waals surface area contributed by atoms with Gasteiger partial charge < -0.3 is 9.80 Å². The number of rotatable bonds is 6. The zero-order valence-corrected chi connectivity index (χ0v) is 17.7. The molecule has 30 heavy (non-hydrogen) atoms. The number of likely N-dealkylation sites (N-methyl/N-ethyl adjacent to an activating group) is 2. The van der Waals surface area contributed by atoms with Crippen molar-refractivity contribution in [3.05, 3.63) is 72.4 Å². The number of piperazine rings is 1. The molecule has 1 saturated heterocycles. The summed E-state index contributed by atoms with van der Waals surface area (Å²) in [4.78, 5) is 19.1. The molecular formula is C24H29N5O. The number of hydrogen-bond acceptors (Lipinski definition) is 4. The first-order valence-corrected chi connectivity index (χ1v) is 10.4. The van der Waals surface area contributed by atoms with E-state index in [2.05, 4.69) is 35.2 Å². The second-order valence-corrected chi connectivity index (χ2v) is 8.01. The number of carbonyl (C=O) groups is 1. The second-order valence-electron chi connectivity index (χ2n) is 8.01. The molecule has 0 aliphatic carbocycles. The molecule has 1 amide bonds. The average Bonchev–Trinajstić information content (AvgIpc) is 3.19. The van der Waals surface area contributed by atoms with Crippen molar-refractivity contribution in [1.29, 1.82) is 0 Å². The van der Waals surface area contributed by atoms with Crippen molar-refractivity contribution in [3.63, 3.8) is 0 Å². The fourth-order valence-electron chi connectivity index (χ4n) is 3.81. The monoisotopic (exact) mass is 403 g/mol. The van der Waals surface area contributed by atoms with Crippen LogP contribution in [0.5, 0.6) is 0 Å². The smallest absolute Gasteiger partial charge is 0.236 e. The number of para-hydroxylation sites is 1. The van der Waals surface area contributed by atoms with Crippen molar-refractivity contribution in [2.45, 2.75) is 6.54 Å². The first kappa shape index (κ1) is 20.3. The van der Waals surface area contributed by atoms with Crippen LogP contribution in [0, 0.1) is 0 Å². The van der Waals surface area contributed by atoms with Gasteiger partial charge in [-0.1, -0.05) is 48.5 Å². The van der Waals surface area contributed by atoms with Gasteiger partial charge in [-0.15, -0.1) is 0 Å². The van der Waals surface area contributed by atoms with E-state index in [1.165, 1.54) is 0 Å². The lowest BCUT2D eigenvalue weighted by Gasteiger charge is -2.33. The van der Waals surface area contributed by atoms with E-state index in [4.69, 9.17) is 5.10 Å². The summed E-state index contributed by atoms with van der Waals surface area (Å²) in [5.41, 5.74) is 4.18. The van der Waals surface area contributed by atoms with Crippen LogP contribution in [-0.2, 0) is 11.3 Å². The Morgan fingerprint density at radius 2 is 1.60 bits per heavy atom. The summed E-state index contributed by atoms with van der Waals surface area (Å²) in [5.74, 6) is 0.197. The van der Waals surface area contributed by atoms with Gasteiger partial charge >= 0.3 is 0 Å². The van der Waals surface area contributed by atoms with E-state index in [1.807, 2.05) is 65.2 Å². The third-order valence-electron chi connectivity index (χ3n) is 5.56. The minimum atomic E-state index is 0.197. The maximum Gasteiger partial charge on any atom is 0.236 e. The molecule has 156 valence electrons. The Kier molecular flexibility index (Phi) is 6.26. The van der Waals surface area contributed by atoms with Crippen LogP contribution in [0.1, 0.15) is 5.56 Å². The third kappa shape index (κ3) is 4.78. The lowest BCUT2D eigenvalue weighted by Crippen LogP contribution is -2.49. The topological polar surface area (TPSA) is 44.6 Å². The lowest BCUT2D eigenvalue weighted by molar-refractivity contribution is -0.133. The molecule has 4 rings (SSSR count). The highest BCUT2D eigenvalue weighted by Gasteiger charge is 2.21. The molecule has 0 radical (unpaired) electrons. The zero-order valence-electron chi connectivity index (χ0n) is 17.7. The molecular weight excluding hydrogens is 374 g/mol. The van der Waals surface area contributed by atoms with Crippen molar-refractivity contribution >= 4 is 5.91 Å². The van der Waals surface area contributed by atoms with Gasteiger partial charge in [0.25, 0.3) is 0 Å². The van der Waals surface area contributed by atoms with E-state index in [0.29, 0.717) is 13.1 Å². The van der Waals surface area contributed by atoms with Crippen molar-refractivity contribution in [3.8, 4) is 16.9 Å². The van der Waals surface area contributed by atoms with E-state index < -0.39 is 0 Å². The maximum atomic E-state index is 12.7. The molecule has 0 saturated carbocycles. The SMILES string of the molecule is CN1CCN(C(=O)CN(C)Cc2cn(-c3ccccc3)nc2-c2ccccc2)CC1. The van der Waals surface area contributed by atoms with Gasteiger partial charge in [0.15, 0.2) is 0 Å². The number of benzene rings is 2. The lowest BCUT2D eigenvalue weighted by atomic mass is 10.1. The summed E-state index contributed by atoms with van der Waals surface area (Å²) < 4.78 is 1.92. The molecule has 3 aromatic rings. The van der Waals surface area contributed by atoms with Crippen LogP contribution in [0.25, 0.3) is 16.9 Å². The molecule has 0 spiro atoms. The molecule has 2 aromatic carbocycles. The quantitative estimate of drug-likeness (QED) is 0.635. The Morgan fingerprint density at radius 3 is 2.27 bits per heavy atom. The minimum absolute atomic E-state index is 0.197. The van der Waals surface area contributed by atoms with E-state index in [0.717, 1.165) is 48.7 Å². The summed E-state index contributed by atoms with van der Waals surface area (Å²) in [6.45, 7) is 4.58. The standard InChI is InChI=1S/C24H29N5O/c1-26-13-15-28(16-14-26)23(30)19-27(2)17-21-18-29(22-11-7-4-8-12-22)25-24(21)20-9-5-3-6-10-20/h3-12,18H,13-17,19H2,1-2H3. The fourth-order valence-corrected chi connectivity index (χ4v) is 3.81. The third-order valence-corrected chi connectivity index (χ3v) is 5.56. The number of amides is 1. The molecule has 2 heterocycles. The summed E-state index contributed by atoms with van der Waals surface area (Å²) in [6, 6.07) is 20.4. The van der Waals surface area contributed by atoms with Crippen LogP contribution in [0.15, 0.2) is 66.9 Å². The maximum absolute atomic E-state index is 12.7. The summed E-state index contributed by atoms with van der Waals surface area (Å²) in [5, 5.41) is 4.87. The summed E-state index contributed by atoms with van der Waals surface area (Å²) >= 11 is 0. The summed E-state index contributed by atoms with van der Waals surface area (Å²) in [6.07, 6.45) is 2.08. The summed E-state index contributed by atoms with van der Waals surface area (Å²) in [7, 11) is 4.10. The molecule has 0 bridgehead atoms. The van der Waals surface area contributed by atoms with Gasteiger partial charge in [0.2, 0.25) is 5.91 Å². The Morgan fingerprint density at radius 1 is 0.967 bits per heavy atom. The Hall–Kier alpha value is -2.96. The van der Waals surface area contributed by atoms with Gasteiger partial charge in [-0.3, -0.25) is 9.69 Å². The zero-order chi connectivity index (χ0) is 20.9. The van der Waals surface area contributed by atoms with Crippen molar-refractivity contribution < 1.29 is 4.79 Å². The molecule has 0 atom stereocenters. The van der Waals surface area contributed by atoms with E-state index in [-0.39, 0.29) is 5.91 Å². The fraction of sp³-hybridized carbons (Fsp3) is 0.333. The molecule has 1 aromatic heterocycles. The van der Waals surface area contributed by atoms with Crippen molar-refractivity contribution in [2.24, 2.45) is 0 Å². The molecule has 1 fully saturated rings. The van der Waals surface area contributed by atoms with Crippen LogP contribution in [0.2, 0.25) is 0 Å². The Bertz CT molecular complexity index is 962. The molecule has 0 N–H and O–H groups in total. The molecule has 1 aliphatic heterocycles. The predicted molar refractivity (Wildman–Crippen MR) is 119 cm³/mol. The highest BCUT2D eigenvalue weighted by Crippen LogP contribution is 2.24. The van der Waals surface area contributed by atoms with Crippen molar-refractivity contribution in [2.75, 3.05) is 46.8 Å². The van der Waals surface area contributed by atoms with Crippen LogP contribution >= 0.6 is 0 Å². The first-order chi connectivity index (χ1) is 14.6. The molecule has 0 unspecified atom stereocenters. The van der Waals surface area contributed by atoms with Crippen molar-refractivity contribution in [1.82, 2.24) is 24.5 Å². The molecule has 6 nitrogen and oxygen atoms in total. The van der Waals surface area contributed by atoms with Gasteiger partial charge in [0, 0.05) is 50.0 Å². The number of nitrogens with zero attached hydrogens (tertiary/aromatic N) is 5. The van der Waals surface area contributed by atoms with Gasteiger partial charge in [-0.05, 0) is 26.2 Å². The number of hydrogen-bond donors (Lipinski definition) is 0. The highest BCUT2D eigenvalue weighted by atomic mass is 16.2. The van der Waals surface area contributed by atoms with Gasteiger partial charge in [-0.2, -0.15) is 5.10 Å². The Labute approximate surface area is 178 Å². The Balaban J connectivity index is 1.52. The van der Waals surface area contributed by atoms with Crippen LogP contribution in [0.3, 0.4) is 0 Å². The van der Waals surface area contributed by atoms with Crippen LogP contribution in [-0.4, -0.2) is 77.2 Å². The van der Waals surface area contributed by atoms with Gasteiger partial charge in [0.05, 0.1) is 17.9 Å². The van der Waals surface area contributed by atoms with E-state index in [1.54, 1.807) is 0 Å². The first-order valence-electron chi connectivity index (χ1n) is 10.4. The predicted octanol–water partition coefficient (Wildman–Crippen LogP) is 2.75. The highest BCUT2D eigenvalue weighted by molar-refractivity contribution is 5.78. The van der Waals surface area contributed by atoms with E-state index in [9.17, 15) is 4.79 Å². The largest absolute Gasteiger partial charge is 0.339 e. The molecule has 1 aliphatic rings. The normalized spacial score (nSPS) is 15.0. The van der Waals surface area contributed by atoms with Gasteiger partial charge in [-0.25, -0.2) is 4.68 Å². The van der Waals surface area contributed by atoms with E-state index >= 15 is 0 Å². The van der Waals surface area contributed by atoms with Gasteiger partial charge in [0.1, 0.15) is 0 Å². The average molecular weight is 404 g/mol. The number of aromatic nitrogens is 2.